The summed E-state index contributed by atoms with van der Waals surface area (Å²) in [6.07, 6.45) is 2.70. The molecule has 18 heavy (non-hydrogen) atoms. The summed E-state index contributed by atoms with van der Waals surface area (Å²) in [7, 11) is 0. The standard InChI is InChI=1S/C15H23NOS/c1-12(17)9-10-16-11-15(2,3)13-5-7-14(18-4)8-6-13/h5-8,16H,9-11H2,1-4H3. The van der Waals surface area contributed by atoms with E-state index in [-0.39, 0.29) is 11.2 Å². The minimum absolute atomic E-state index is 0.0910. The summed E-state index contributed by atoms with van der Waals surface area (Å²) >= 11 is 1.76. The number of thioether (sulfide) groups is 1. The molecule has 0 fully saturated rings. The van der Waals surface area contributed by atoms with Crippen molar-refractivity contribution in [3.8, 4) is 0 Å². The summed E-state index contributed by atoms with van der Waals surface area (Å²) in [5.74, 6) is 0.240. The second-order valence-electron chi connectivity index (χ2n) is 5.24. The second kappa shape index (κ2) is 6.95. The molecule has 100 valence electrons. The van der Waals surface area contributed by atoms with E-state index in [0.717, 1.165) is 13.1 Å². The van der Waals surface area contributed by atoms with Crippen LogP contribution in [0.2, 0.25) is 0 Å². The maximum Gasteiger partial charge on any atom is 0.131 e. The zero-order chi connectivity index (χ0) is 13.6. The average Bonchev–Trinajstić information content (AvgIpc) is 2.34. The Kier molecular flexibility index (Phi) is 5.89. The van der Waals surface area contributed by atoms with Gasteiger partial charge in [0.25, 0.3) is 0 Å². The third-order valence-corrected chi connectivity index (χ3v) is 3.84. The number of ketones is 1. The SMILES string of the molecule is CSc1ccc(C(C)(C)CNCCC(C)=O)cc1. The Morgan fingerprint density at radius 3 is 2.39 bits per heavy atom. The predicted molar refractivity (Wildman–Crippen MR) is 79.4 cm³/mol. The molecule has 0 saturated carbocycles. The largest absolute Gasteiger partial charge is 0.315 e. The normalized spacial score (nSPS) is 11.6. The van der Waals surface area contributed by atoms with Crippen LogP contribution in [0.15, 0.2) is 29.2 Å². The maximum absolute atomic E-state index is 10.9. The topological polar surface area (TPSA) is 29.1 Å². The highest BCUT2D eigenvalue weighted by molar-refractivity contribution is 7.98. The van der Waals surface area contributed by atoms with Gasteiger partial charge < -0.3 is 5.32 Å². The first-order chi connectivity index (χ1) is 8.45. The summed E-state index contributed by atoms with van der Waals surface area (Å²) in [5.41, 5.74) is 1.42. The van der Waals surface area contributed by atoms with E-state index in [4.69, 9.17) is 0 Å². The fourth-order valence-corrected chi connectivity index (χ4v) is 2.22. The molecular formula is C15H23NOS. The zero-order valence-corrected chi connectivity index (χ0v) is 12.6. The molecule has 3 heteroatoms. The Bertz CT molecular complexity index is 384. The third kappa shape index (κ3) is 4.83. The number of hydrogen-bond acceptors (Lipinski definition) is 3. The number of benzene rings is 1. The summed E-state index contributed by atoms with van der Waals surface area (Å²) < 4.78 is 0. The molecule has 1 rings (SSSR count). The van der Waals surface area contributed by atoms with Gasteiger partial charge in [0.05, 0.1) is 0 Å². The summed E-state index contributed by atoms with van der Waals surface area (Å²) in [6, 6.07) is 8.71. The molecule has 0 radical (unpaired) electrons. The first kappa shape index (κ1) is 15.3. The Morgan fingerprint density at radius 2 is 1.89 bits per heavy atom. The van der Waals surface area contributed by atoms with Crippen LogP contribution in [0.4, 0.5) is 0 Å². The van der Waals surface area contributed by atoms with Crippen LogP contribution in [0, 0.1) is 0 Å². The highest BCUT2D eigenvalue weighted by Gasteiger charge is 2.19. The second-order valence-corrected chi connectivity index (χ2v) is 6.12. The first-order valence-corrected chi connectivity index (χ1v) is 7.53. The van der Waals surface area contributed by atoms with Crippen LogP contribution in [-0.4, -0.2) is 25.1 Å². The smallest absolute Gasteiger partial charge is 0.131 e. The quantitative estimate of drug-likeness (QED) is 0.606. The molecule has 0 atom stereocenters. The van der Waals surface area contributed by atoms with Gasteiger partial charge in [-0.05, 0) is 30.9 Å². The van der Waals surface area contributed by atoms with Crippen molar-refractivity contribution >= 4 is 17.5 Å². The number of carbonyl (C=O) groups is 1. The van der Waals surface area contributed by atoms with Gasteiger partial charge in [0.15, 0.2) is 0 Å². The van der Waals surface area contributed by atoms with E-state index in [1.165, 1.54) is 10.5 Å². The van der Waals surface area contributed by atoms with Crippen molar-refractivity contribution in [3.63, 3.8) is 0 Å². The molecule has 0 aromatic heterocycles. The molecule has 2 nitrogen and oxygen atoms in total. The van der Waals surface area contributed by atoms with E-state index in [0.29, 0.717) is 6.42 Å². The summed E-state index contributed by atoms with van der Waals surface area (Å²) in [4.78, 5) is 12.2. The molecule has 0 bridgehead atoms. The molecule has 1 N–H and O–H groups in total. The van der Waals surface area contributed by atoms with Gasteiger partial charge >= 0.3 is 0 Å². The number of nitrogens with one attached hydrogen (secondary N) is 1. The highest BCUT2D eigenvalue weighted by Crippen LogP contribution is 2.24. The minimum atomic E-state index is 0.0910. The molecule has 0 saturated heterocycles. The number of rotatable bonds is 7. The van der Waals surface area contributed by atoms with Crippen LogP contribution < -0.4 is 5.32 Å². The van der Waals surface area contributed by atoms with E-state index in [9.17, 15) is 4.79 Å². The van der Waals surface area contributed by atoms with Crippen molar-refractivity contribution in [2.45, 2.75) is 37.5 Å². The molecule has 0 heterocycles. The van der Waals surface area contributed by atoms with E-state index >= 15 is 0 Å². The number of carbonyl (C=O) groups excluding carboxylic acids is 1. The lowest BCUT2D eigenvalue weighted by atomic mass is 9.84. The molecule has 0 unspecified atom stereocenters. The van der Waals surface area contributed by atoms with E-state index < -0.39 is 0 Å². The summed E-state index contributed by atoms with van der Waals surface area (Å²) in [5, 5.41) is 3.36. The van der Waals surface area contributed by atoms with Gasteiger partial charge in [0, 0.05) is 29.8 Å². The van der Waals surface area contributed by atoms with Crippen LogP contribution in [0.1, 0.15) is 32.8 Å². The van der Waals surface area contributed by atoms with Crippen LogP contribution >= 0.6 is 11.8 Å². The minimum Gasteiger partial charge on any atom is -0.315 e. The predicted octanol–water partition coefficient (Wildman–Crippen LogP) is 3.25. The van der Waals surface area contributed by atoms with Crippen molar-refractivity contribution < 1.29 is 4.79 Å². The molecule has 0 aliphatic rings. The Labute approximate surface area is 115 Å². The molecule has 1 aromatic rings. The van der Waals surface area contributed by atoms with Gasteiger partial charge in [-0.15, -0.1) is 11.8 Å². The lowest BCUT2D eigenvalue weighted by Gasteiger charge is -2.26. The van der Waals surface area contributed by atoms with Crippen molar-refractivity contribution in [1.82, 2.24) is 5.32 Å². The molecule has 0 amide bonds. The molecule has 0 aliphatic carbocycles. The van der Waals surface area contributed by atoms with Crippen molar-refractivity contribution in [1.29, 1.82) is 0 Å². The zero-order valence-electron chi connectivity index (χ0n) is 11.7. The highest BCUT2D eigenvalue weighted by atomic mass is 32.2. The van der Waals surface area contributed by atoms with Gasteiger partial charge in [0.2, 0.25) is 0 Å². The maximum atomic E-state index is 10.9. The van der Waals surface area contributed by atoms with Gasteiger partial charge in [0.1, 0.15) is 5.78 Å². The molecular weight excluding hydrogens is 242 g/mol. The van der Waals surface area contributed by atoms with Crippen molar-refractivity contribution in [2.75, 3.05) is 19.3 Å². The lowest BCUT2D eigenvalue weighted by molar-refractivity contribution is -0.116. The number of Topliss-reactive ketones (excluding diaryl/α,β-unsaturated/α-hetero) is 1. The fraction of sp³-hybridized carbons (Fsp3) is 0.533. The van der Waals surface area contributed by atoms with E-state index in [1.54, 1.807) is 18.7 Å². The third-order valence-electron chi connectivity index (χ3n) is 3.09. The Morgan fingerprint density at radius 1 is 1.28 bits per heavy atom. The molecule has 0 spiro atoms. The lowest BCUT2D eigenvalue weighted by Crippen LogP contribution is -2.33. The van der Waals surface area contributed by atoms with Crippen LogP contribution in [-0.2, 0) is 10.2 Å². The molecule has 0 aliphatic heterocycles. The summed E-state index contributed by atoms with van der Waals surface area (Å²) in [6.45, 7) is 7.73. The Hall–Kier alpha value is -0.800. The monoisotopic (exact) mass is 265 g/mol. The van der Waals surface area contributed by atoms with Crippen LogP contribution in [0.25, 0.3) is 0 Å². The van der Waals surface area contributed by atoms with E-state index in [1.807, 2.05) is 0 Å². The Balaban J connectivity index is 2.53. The first-order valence-electron chi connectivity index (χ1n) is 6.30. The van der Waals surface area contributed by atoms with Crippen molar-refractivity contribution in [3.05, 3.63) is 29.8 Å². The fourth-order valence-electron chi connectivity index (χ4n) is 1.81. The van der Waals surface area contributed by atoms with Crippen molar-refractivity contribution in [2.24, 2.45) is 0 Å². The molecule has 1 aromatic carbocycles. The average molecular weight is 265 g/mol. The van der Waals surface area contributed by atoms with Gasteiger partial charge in [-0.25, -0.2) is 0 Å². The van der Waals surface area contributed by atoms with Gasteiger partial charge in [-0.1, -0.05) is 26.0 Å². The van der Waals surface area contributed by atoms with Gasteiger partial charge in [-0.3, -0.25) is 4.79 Å². The van der Waals surface area contributed by atoms with Gasteiger partial charge in [-0.2, -0.15) is 0 Å². The van der Waals surface area contributed by atoms with Crippen LogP contribution in [0.5, 0.6) is 0 Å². The van der Waals surface area contributed by atoms with E-state index in [2.05, 4.69) is 49.7 Å². The van der Waals surface area contributed by atoms with Crippen LogP contribution in [0.3, 0.4) is 0 Å². The number of hydrogen-bond donors (Lipinski definition) is 1.